The van der Waals surface area contributed by atoms with Gasteiger partial charge in [-0.25, -0.2) is 4.98 Å². The molecule has 1 N–H and O–H groups in total. The van der Waals surface area contributed by atoms with Gasteiger partial charge in [0.15, 0.2) is 16.6 Å². The number of carbonyl (C=O) groups is 1. The lowest BCUT2D eigenvalue weighted by molar-refractivity contribution is 0.107. The maximum Gasteiger partial charge on any atom is 0.187 e. The van der Waals surface area contributed by atoms with Gasteiger partial charge in [0.2, 0.25) is 0 Å². The Kier molecular flexibility index (Phi) is 2.95. The van der Waals surface area contributed by atoms with E-state index in [-0.39, 0.29) is 11.3 Å². The number of nitrogens with zero attached hydrogens (tertiary/aromatic N) is 2. The van der Waals surface area contributed by atoms with Crippen molar-refractivity contribution in [1.82, 2.24) is 4.98 Å². The minimum Gasteiger partial charge on any atom is -0.393 e. The van der Waals surface area contributed by atoms with E-state index in [9.17, 15) is 9.90 Å². The average Bonchev–Trinajstić information content (AvgIpc) is 2.43. The van der Waals surface area contributed by atoms with E-state index in [1.165, 1.54) is 11.3 Å². The van der Waals surface area contributed by atoms with Gasteiger partial charge in [-0.05, 0) is 6.92 Å². The van der Waals surface area contributed by atoms with Crippen molar-refractivity contribution in [3.05, 3.63) is 10.0 Å². The van der Waals surface area contributed by atoms with Crippen LogP contribution in [-0.4, -0.2) is 35.6 Å². The van der Waals surface area contributed by atoms with E-state index in [4.69, 9.17) is 11.6 Å². The predicted molar refractivity (Wildman–Crippen MR) is 59.9 cm³/mol. The molecule has 1 aliphatic heterocycles. The minimum absolute atomic E-state index is 0.269. The van der Waals surface area contributed by atoms with Crippen molar-refractivity contribution >= 4 is 34.4 Å². The van der Waals surface area contributed by atoms with Crippen LogP contribution in [0.2, 0.25) is 5.15 Å². The van der Waals surface area contributed by atoms with Crippen LogP contribution in [0, 0.1) is 5.92 Å². The molecule has 1 atom stereocenters. The summed E-state index contributed by atoms with van der Waals surface area (Å²) in [4.78, 5) is 17.1. The van der Waals surface area contributed by atoms with Crippen LogP contribution >= 0.6 is 22.9 Å². The third-order valence-corrected chi connectivity index (χ3v) is 4.01. The van der Waals surface area contributed by atoms with E-state index in [2.05, 4.69) is 4.98 Å². The fourth-order valence-electron chi connectivity index (χ4n) is 1.48. The molecular weight excluding hydrogens is 236 g/mol. The minimum atomic E-state index is -0.290. The van der Waals surface area contributed by atoms with E-state index in [1.54, 1.807) is 6.92 Å². The first-order valence-corrected chi connectivity index (χ1v) is 5.85. The number of thiazole rings is 1. The van der Waals surface area contributed by atoms with Gasteiger partial charge in [-0.2, -0.15) is 0 Å². The second-order valence-corrected chi connectivity index (χ2v) is 5.04. The van der Waals surface area contributed by atoms with Crippen molar-refractivity contribution in [2.75, 3.05) is 18.0 Å². The molecule has 1 aliphatic rings. The number of anilines is 1. The van der Waals surface area contributed by atoms with Crippen LogP contribution in [0.3, 0.4) is 0 Å². The second kappa shape index (κ2) is 4.08. The molecule has 0 amide bonds. The zero-order valence-electron chi connectivity index (χ0n) is 8.18. The van der Waals surface area contributed by atoms with Crippen LogP contribution < -0.4 is 4.90 Å². The Hall–Kier alpha value is -0.650. The number of aldehydes is 1. The zero-order valence-corrected chi connectivity index (χ0v) is 9.75. The summed E-state index contributed by atoms with van der Waals surface area (Å²) in [6.45, 7) is 3.34. The van der Waals surface area contributed by atoms with Crippen molar-refractivity contribution in [3.8, 4) is 0 Å². The number of aromatic nitrogens is 1. The molecule has 1 saturated heterocycles. The highest BCUT2D eigenvalue weighted by molar-refractivity contribution is 7.17. The molecule has 2 rings (SSSR count). The van der Waals surface area contributed by atoms with Gasteiger partial charge in [-0.3, -0.25) is 4.79 Å². The maximum atomic E-state index is 10.6. The molecule has 4 nitrogen and oxygen atoms in total. The average molecular weight is 247 g/mol. The molecule has 0 radical (unpaired) electrons. The molecule has 1 aromatic heterocycles. The molecule has 0 aromatic carbocycles. The largest absolute Gasteiger partial charge is 0.393 e. The molecule has 0 spiro atoms. The van der Waals surface area contributed by atoms with Gasteiger partial charge in [-0.15, -0.1) is 0 Å². The Morgan fingerprint density at radius 1 is 1.73 bits per heavy atom. The molecular formula is C9H11ClN2O2S. The number of aliphatic hydroxyl groups is 1. The number of hydrogen-bond acceptors (Lipinski definition) is 5. The monoisotopic (exact) mass is 246 g/mol. The first-order chi connectivity index (χ1) is 7.11. The number of halogens is 1. The number of carbonyl (C=O) groups excluding carboxylic acids is 1. The molecule has 0 saturated carbocycles. The van der Waals surface area contributed by atoms with E-state index in [1.807, 2.05) is 4.90 Å². The standard InChI is InChI=1S/C9H11ClN2O2S/c1-5(14)6-2-12(3-6)9-11-8(10)7(4-13)15-9/h4-6,14H,2-3H2,1H3/t5-/m1/s1. The molecule has 0 aliphatic carbocycles. The number of hydrogen-bond donors (Lipinski definition) is 1. The van der Waals surface area contributed by atoms with Crippen molar-refractivity contribution in [1.29, 1.82) is 0 Å². The van der Waals surface area contributed by atoms with Crippen LogP contribution in [-0.2, 0) is 0 Å². The zero-order chi connectivity index (χ0) is 11.0. The quantitative estimate of drug-likeness (QED) is 0.820. The van der Waals surface area contributed by atoms with E-state index in [0.29, 0.717) is 10.8 Å². The van der Waals surface area contributed by atoms with Crippen LogP contribution in [0.5, 0.6) is 0 Å². The topological polar surface area (TPSA) is 53.4 Å². The Balaban J connectivity index is 2.04. The SMILES string of the molecule is C[C@@H](O)C1CN(c2nc(Cl)c(C=O)s2)C1. The molecule has 6 heteroatoms. The lowest BCUT2D eigenvalue weighted by atomic mass is 9.96. The van der Waals surface area contributed by atoms with Gasteiger partial charge >= 0.3 is 0 Å². The Morgan fingerprint density at radius 3 is 2.87 bits per heavy atom. The van der Waals surface area contributed by atoms with Crippen LogP contribution in [0.4, 0.5) is 5.13 Å². The Labute approximate surface area is 96.5 Å². The summed E-state index contributed by atoms with van der Waals surface area (Å²) in [5.41, 5.74) is 0. The summed E-state index contributed by atoms with van der Waals surface area (Å²) < 4.78 is 0. The van der Waals surface area contributed by atoms with E-state index >= 15 is 0 Å². The highest BCUT2D eigenvalue weighted by Crippen LogP contribution is 2.33. The second-order valence-electron chi connectivity index (χ2n) is 3.68. The number of rotatable bonds is 3. The Bertz CT molecular complexity index is 374. The Morgan fingerprint density at radius 2 is 2.40 bits per heavy atom. The molecule has 0 bridgehead atoms. The van der Waals surface area contributed by atoms with Crippen molar-refractivity contribution in [2.24, 2.45) is 5.92 Å². The van der Waals surface area contributed by atoms with E-state index in [0.717, 1.165) is 24.5 Å². The smallest absolute Gasteiger partial charge is 0.187 e. The molecule has 1 fully saturated rings. The lowest BCUT2D eigenvalue weighted by Gasteiger charge is -2.40. The van der Waals surface area contributed by atoms with Crippen LogP contribution in [0.1, 0.15) is 16.6 Å². The first-order valence-electron chi connectivity index (χ1n) is 4.66. The fraction of sp³-hybridized carbons (Fsp3) is 0.556. The third kappa shape index (κ3) is 2.00. The highest BCUT2D eigenvalue weighted by Gasteiger charge is 2.32. The van der Waals surface area contributed by atoms with Gasteiger partial charge in [0.25, 0.3) is 0 Å². The van der Waals surface area contributed by atoms with Crippen molar-refractivity contribution < 1.29 is 9.90 Å². The third-order valence-electron chi connectivity index (χ3n) is 2.57. The van der Waals surface area contributed by atoms with Crippen molar-refractivity contribution in [2.45, 2.75) is 13.0 Å². The van der Waals surface area contributed by atoms with Gasteiger partial charge in [0.05, 0.1) is 6.10 Å². The van der Waals surface area contributed by atoms with Gasteiger partial charge in [0.1, 0.15) is 4.88 Å². The summed E-state index contributed by atoms with van der Waals surface area (Å²) in [7, 11) is 0. The summed E-state index contributed by atoms with van der Waals surface area (Å²) in [6.07, 6.45) is 0.428. The van der Waals surface area contributed by atoms with Gasteiger partial charge in [0, 0.05) is 19.0 Å². The summed E-state index contributed by atoms with van der Waals surface area (Å²) in [5.74, 6) is 0.298. The van der Waals surface area contributed by atoms with Crippen LogP contribution in [0.25, 0.3) is 0 Å². The van der Waals surface area contributed by atoms with E-state index < -0.39 is 0 Å². The maximum absolute atomic E-state index is 10.6. The van der Waals surface area contributed by atoms with Crippen molar-refractivity contribution in [3.63, 3.8) is 0 Å². The lowest BCUT2D eigenvalue weighted by Crippen LogP contribution is -2.51. The van der Waals surface area contributed by atoms with Crippen LogP contribution in [0.15, 0.2) is 0 Å². The molecule has 82 valence electrons. The van der Waals surface area contributed by atoms with Gasteiger partial charge < -0.3 is 10.0 Å². The normalized spacial score (nSPS) is 18.7. The summed E-state index contributed by atoms with van der Waals surface area (Å²) >= 11 is 7.05. The first kappa shape index (κ1) is 10.9. The molecule has 0 unspecified atom stereocenters. The summed E-state index contributed by atoms with van der Waals surface area (Å²) in [6, 6.07) is 0. The predicted octanol–water partition coefficient (Wildman–Crippen LogP) is 1.43. The molecule has 15 heavy (non-hydrogen) atoms. The number of aliphatic hydroxyl groups excluding tert-OH is 1. The molecule has 1 aromatic rings. The highest BCUT2D eigenvalue weighted by atomic mass is 35.5. The summed E-state index contributed by atoms with van der Waals surface area (Å²) in [5, 5.41) is 10.3. The fourth-order valence-corrected chi connectivity index (χ4v) is 2.56. The van der Waals surface area contributed by atoms with Gasteiger partial charge in [-0.1, -0.05) is 22.9 Å². The molecule has 2 heterocycles.